The molecule has 2 N–H and O–H groups in total. The lowest BCUT2D eigenvalue weighted by Gasteiger charge is -2.08. The third kappa shape index (κ3) is 2.11. The summed E-state index contributed by atoms with van der Waals surface area (Å²) in [6.07, 6.45) is 0. The van der Waals surface area contributed by atoms with E-state index in [1.165, 1.54) is 7.05 Å². The number of aromatic hydroxyl groups is 1. The zero-order valence-electron chi connectivity index (χ0n) is 8.80. The first kappa shape index (κ1) is 12.4. The number of hydrogen-bond donors (Lipinski definition) is 2. The molecule has 0 aliphatic carbocycles. The fraction of sp³-hybridized carbons (Fsp3) is 0.300. The highest BCUT2D eigenvalue weighted by molar-refractivity contribution is 5.98. The van der Waals surface area contributed by atoms with Gasteiger partial charge in [-0.15, -0.1) is 0 Å². The van der Waals surface area contributed by atoms with Gasteiger partial charge in [-0.1, -0.05) is 0 Å². The highest BCUT2D eigenvalue weighted by Crippen LogP contribution is 2.31. The number of phenols is 1. The Balaban J connectivity index is 3.29. The molecule has 4 nitrogen and oxygen atoms in total. The molecule has 0 bridgehead atoms. The number of carbonyl (C=O) groups is 1. The second-order valence-corrected chi connectivity index (χ2v) is 3.06. The third-order valence-corrected chi connectivity index (χ3v) is 2.00. The maximum atomic E-state index is 13.4. The van der Waals surface area contributed by atoms with E-state index in [2.05, 4.69) is 10.1 Å². The van der Waals surface area contributed by atoms with E-state index in [9.17, 15) is 13.6 Å². The van der Waals surface area contributed by atoms with Crippen molar-refractivity contribution in [2.75, 3.05) is 20.7 Å². The average molecular weight is 231 g/mol. The second kappa shape index (κ2) is 4.89. The Bertz CT molecular complexity index is 421. The first-order valence-corrected chi connectivity index (χ1v) is 4.45. The van der Waals surface area contributed by atoms with Crippen LogP contribution in [0.3, 0.4) is 0 Å². The van der Waals surface area contributed by atoms with Crippen LogP contribution in [0, 0.1) is 11.6 Å². The number of Topliss-reactive ketones (excluding diaryl/α,β-unsaturated/α-hetero) is 1. The largest absolute Gasteiger partial charge is 0.503 e. The van der Waals surface area contributed by atoms with Crippen LogP contribution >= 0.6 is 0 Å². The van der Waals surface area contributed by atoms with Crippen molar-refractivity contribution >= 4 is 5.78 Å². The number of methoxy groups -OCH3 is 1. The number of rotatable bonds is 4. The van der Waals surface area contributed by atoms with Gasteiger partial charge in [-0.3, -0.25) is 4.79 Å². The highest BCUT2D eigenvalue weighted by Gasteiger charge is 2.22. The number of hydrogen-bond acceptors (Lipinski definition) is 4. The van der Waals surface area contributed by atoms with Crippen LogP contribution in [0.5, 0.6) is 11.5 Å². The van der Waals surface area contributed by atoms with Crippen LogP contribution in [0.15, 0.2) is 6.07 Å². The molecule has 0 radical (unpaired) electrons. The van der Waals surface area contributed by atoms with Crippen LogP contribution in [0.2, 0.25) is 0 Å². The SMILES string of the molecule is CNCC(=O)c1cc(OC)c(F)c(O)c1F. The molecule has 1 aromatic carbocycles. The predicted molar refractivity (Wildman–Crippen MR) is 52.8 cm³/mol. The van der Waals surface area contributed by atoms with Gasteiger partial charge in [0.15, 0.2) is 23.1 Å². The van der Waals surface area contributed by atoms with E-state index < -0.39 is 28.7 Å². The zero-order valence-corrected chi connectivity index (χ0v) is 8.80. The van der Waals surface area contributed by atoms with Gasteiger partial charge in [-0.2, -0.15) is 4.39 Å². The summed E-state index contributed by atoms with van der Waals surface area (Å²) in [6, 6.07) is 0.921. The number of phenolic OH excluding ortho intramolecular Hbond substituents is 1. The molecule has 0 atom stereocenters. The molecule has 0 aliphatic rings. The molecule has 0 spiro atoms. The molecule has 0 heterocycles. The summed E-state index contributed by atoms with van der Waals surface area (Å²) in [4.78, 5) is 11.4. The smallest absolute Gasteiger partial charge is 0.209 e. The molecule has 0 fully saturated rings. The van der Waals surface area contributed by atoms with Crippen molar-refractivity contribution in [2.45, 2.75) is 0 Å². The quantitative estimate of drug-likeness (QED) is 0.761. The number of nitrogens with one attached hydrogen (secondary N) is 1. The van der Waals surface area contributed by atoms with E-state index in [1.807, 2.05) is 0 Å². The maximum Gasteiger partial charge on any atom is 0.209 e. The molecule has 0 aliphatic heterocycles. The minimum atomic E-state index is -1.28. The molecule has 0 saturated heterocycles. The fourth-order valence-electron chi connectivity index (χ4n) is 1.21. The summed E-state index contributed by atoms with van der Waals surface area (Å²) >= 11 is 0. The lowest BCUT2D eigenvalue weighted by molar-refractivity contribution is 0.0988. The van der Waals surface area contributed by atoms with Gasteiger partial charge in [-0.25, -0.2) is 4.39 Å². The molecule has 1 rings (SSSR count). The third-order valence-electron chi connectivity index (χ3n) is 2.00. The van der Waals surface area contributed by atoms with Crippen molar-refractivity contribution in [2.24, 2.45) is 0 Å². The van der Waals surface area contributed by atoms with Crippen LogP contribution in [-0.4, -0.2) is 31.6 Å². The number of benzene rings is 1. The lowest BCUT2D eigenvalue weighted by Crippen LogP contribution is -2.20. The topological polar surface area (TPSA) is 58.6 Å². The lowest BCUT2D eigenvalue weighted by atomic mass is 10.1. The Morgan fingerprint density at radius 2 is 2.12 bits per heavy atom. The van der Waals surface area contributed by atoms with Gasteiger partial charge in [0, 0.05) is 0 Å². The highest BCUT2D eigenvalue weighted by atomic mass is 19.1. The van der Waals surface area contributed by atoms with Crippen molar-refractivity contribution in [3.8, 4) is 11.5 Å². The van der Waals surface area contributed by atoms with Crippen LogP contribution in [0.1, 0.15) is 10.4 Å². The molecule has 1 aromatic rings. The monoisotopic (exact) mass is 231 g/mol. The van der Waals surface area contributed by atoms with Crippen molar-refractivity contribution < 1.29 is 23.4 Å². The number of ketones is 1. The van der Waals surface area contributed by atoms with Crippen LogP contribution in [0.4, 0.5) is 8.78 Å². The fourth-order valence-corrected chi connectivity index (χ4v) is 1.21. The van der Waals surface area contributed by atoms with E-state index in [1.54, 1.807) is 0 Å². The Morgan fingerprint density at radius 3 is 2.62 bits per heavy atom. The summed E-state index contributed by atoms with van der Waals surface area (Å²) in [5.74, 6) is -4.69. The number of likely N-dealkylation sites (N-methyl/N-ethyl adjacent to an activating group) is 1. The minimum Gasteiger partial charge on any atom is -0.503 e. The molecule has 0 unspecified atom stereocenters. The number of halogens is 2. The Kier molecular flexibility index (Phi) is 3.78. The molecule has 16 heavy (non-hydrogen) atoms. The van der Waals surface area contributed by atoms with Crippen molar-refractivity contribution in [3.63, 3.8) is 0 Å². The second-order valence-electron chi connectivity index (χ2n) is 3.06. The van der Waals surface area contributed by atoms with Gasteiger partial charge in [0.1, 0.15) is 0 Å². The van der Waals surface area contributed by atoms with E-state index in [-0.39, 0.29) is 12.3 Å². The summed E-state index contributed by atoms with van der Waals surface area (Å²) < 4.78 is 31.1. The van der Waals surface area contributed by atoms with E-state index in [4.69, 9.17) is 5.11 Å². The van der Waals surface area contributed by atoms with Gasteiger partial charge in [-0.05, 0) is 13.1 Å². The summed E-state index contributed by atoms with van der Waals surface area (Å²) in [6.45, 7) is -0.120. The van der Waals surface area contributed by atoms with Crippen molar-refractivity contribution in [3.05, 3.63) is 23.3 Å². The number of ether oxygens (including phenoxy) is 1. The van der Waals surface area contributed by atoms with Gasteiger partial charge >= 0.3 is 0 Å². The Hall–Kier alpha value is -1.69. The standard InChI is InChI=1S/C10H11F2NO3/c1-13-4-6(14)5-3-7(16-2)9(12)10(15)8(5)11/h3,13,15H,4H2,1-2H3. The van der Waals surface area contributed by atoms with Crippen LogP contribution in [-0.2, 0) is 0 Å². The molecule has 88 valence electrons. The summed E-state index contributed by atoms with van der Waals surface area (Å²) in [5.41, 5.74) is -0.412. The molecular formula is C10H11F2NO3. The molecule has 0 amide bonds. The average Bonchev–Trinajstić information content (AvgIpc) is 2.27. The zero-order chi connectivity index (χ0) is 12.3. The van der Waals surface area contributed by atoms with E-state index in [0.29, 0.717) is 0 Å². The van der Waals surface area contributed by atoms with Gasteiger partial charge < -0.3 is 15.2 Å². The van der Waals surface area contributed by atoms with Crippen molar-refractivity contribution in [1.29, 1.82) is 0 Å². The first-order chi connectivity index (χ1) is 7.52. The Labute approximate surface area is 90.8 Å². The molecular weight excluding hydrogens is 220 g/mol. The molecule has 0 saturated carbocycles. The van der Waals surface area contributed by atoms with Gasteiger partial charge in [0.25, 0.3) is 0 Å². The minimum absolute atomic E-state index is 0.120. The van der Waals surface area contributed by atoms with E-state index in [0.717, 1.165) is 13.2 Å². The normalized spacial score (nSPS) is 10.2. The maximum absolute atomic E-state index is 13.4. The predicted octanol–water partition coefficient (Wildman–Crippen LogP) is 1.08. The van der Waals surface area contributed by atoms with Crippen LogP contribution in [0.25, 0.3) is 0 Å². The number of carbonyl (C=O) groups excluding carboxylic acids is 1. The van der Waals surface area contributed by atoms with Crippen molar-refractivity contribution in [1.82, 2.24) is 5.32 Å². The first-order valence-electron chi connectivity index (χ1n) is 4.45. The Morgan fingerprint density at radius 1 is 1.50 bits per heavy atom. The molecule has 6 heteroatoms. The van der Waals surface area contributed by atoms with Gasteiger partial charge in [0.2, 0.25) is 5.82 Å². The molecule has 0 aromatic heterocycles. The van der Waals surface area contributed by atoms with E-state index >= 15 is 0 Å². The summed E-state index contributed by atoms with van der Waals surface area (Å²) in [7, 11) is 2.67. The van der Waals surface area contributed by atoms with Gasteiger partial charge in [0.05, 0.1) is 19.2 Å². The summed E-state index contributed by atoms with van der Waals surface area (Å²) in [5, 5.41) is 11.6. The van der Waals surface area contributed by atoms with Crippen LogP contribution < -0.4 is 10.1 Å².